The highest BCUT2D eigenvalue weighted by molar-refractivity contribution is 5.88. The van der Waals surface area contributed by atoms with Crippen LogP contribution in [0.5, 0.6) is 0 Å². The third-order valence-corrected chi connectivity index (χ3v) is 2.53. The van der Waals surface area contributed by atoms with E-state index in [-0.39, 0.29) is 17.6 Å². The molecule has 0 amide bonds. The second kappa shape index (κ2) is 3.25. The van der Waals surface area contributed by atoms with Crippen LogP contribution in [0.25, 0.3) is 0 Å². The fraction of sp³-hybridized carbons (Fsp3) is 0.778. The molecule has 1 aliphatic carbocycles. The summed E-state index contributed by atoms with van der Waals surface area (Å²) in [6.45, 7) is 3.64. The van der Waals surface area contributed by atoms with Gasteiger partial charge in [-0.05, 0) is 12.8 Å². The highest BCUT2D eigenvalue weighted by Gasteiger charge is 2.41. The van der Waals surface area contributed by atoms with E-state index >= 15 is 0 Å². The van der Waals surface area contributed by atoms with Gasteiger partial charge in [-0.25, -0.2) is 0 Å². The van der Waals surface area contributed by atoms with Crippen LogP contribution < -0.4 is 0 Å². The number of carboxylic acid groups (broad SMARTS) is 1. The van der Waals surface area contributed by atoms with Gasteiger partial charge in [0.15, 0.2) is 0 Å². The summed E-state index contributed by atoms with van der Waals surface area (Å²) in [6, 6.07) is 0. The number of carboxylic acids is 1. The molecule has 0 spiro atoms. The fourth-order valence-corrected chi connectivity index (χ4v) is 1.56. The second-order valence-corrected chi connectivity index (χ2v) is 3.69. The average Bonchev–Trinajstić information content (AvgIpc) is 1.82. The lowest BCUT2D eigenvalue weighted by atomic mass is 9.69. The lowest BCUT2D eigenvalue weighted by Gasteiger charge is -2.33. The predicted molar refractivity (Wildman–Crippen MR) is 43.7 cm³/mol. The lowest BCUT2D eigenvalue weighted by molar-refractivity contribution is -0.152. The average molecular weight is 170 g/mol. The molecule has 1 N–H and O–H groups in total. The number of hydrogen-bond acceptors (Lipinski definition) is 2. The first-order valence-electron chi connectivity index (χ1n) is 4.30. The van der Waals surface area contributed by atoms with Gasteiger partial charge in [-0.2, -0.15) is 0 Å². The van der Waals surface area contributed by atoms with Crippen LogP contribution in [0, 0.1) is 17.8 Å². The van der Waals surface area contributed by atoms with Crippen molar-refractivity contribution in [1.29, 1.82) is 0 Å². The van der Waals surface area contributed by atoms with Gasteiger partial charge in [0.2, 0.25) is 0 Å². The zero-order valence-electron chi connectivity index (χ0n) is 7.41. The zero-order valence-corrected chi connectivity index (χ0v) is 7.41. The molecule has 1 fully saturated rings. The van der Waals surface area contributed by atoms with Crippen molar-refractivity contribution < 1.29 is 14.7 Å². The summed E-state index contributed by atoms with van der Waals surface area (Å²) in [5.41, 5.74) is 0. The van der Waals surface area contributed by atoms with Crippen LogP contribution in [0.3, 0.4) is 0 Å². The molecule has 0 radical (unpaired) electrons. The first kappa shape index (κ1) is 9.23. The van der Waals surface area contributed by atoms with E-state index in [1.54, 1.807) is 0 Å². The molecule has 0 saturated heterocycles. The molecule has 0 aromatic heterocycles. The Hall–Kier alpha value is -0.860. The molecule has 0 unspecified atom stereocenters. The molecule has 1 aliphatic rings. The summed E-state index contributed by atoms with van der Waals surface area (Å²) in [6.07, 6.45) is 1.42. The molecule has 0 heterocycles. The van der Waals surface area contributed by atoms with Crippen LogP contribution in [0.2, 0.25) is 0 Å². The molecule has 1 rings (SSSR count). The summed E-state index contributed by atoms with van der Waals surface area (Å²) >= 11 is 0. The van der Waals surface area contributed by atoms with Gasteiger partial charge in [-0.3, -0.25) is 9.59 Å². The number of carbonyl (C=O) groups is 2. The largest absolute Gasteiger partial charge is 0.481 e. The number of ketones is 1. The van der Waals surface area contributed by atoms with Crippen molar-refractivity contribution in [3.63, 3.8) is 0 Å². The number of rotatable bonds is 3. The molecule has 1 saturated carbocycles. The van der Waals surface area contributed by atoms with Crippen molar-refractivity contribution >= 4 is 11.8 Å². The Labute approximate surface area is 71.8 Å². The van der Waals surface area contributed by atoms with Crippen molar-refractivity contribution in [2.24, 2.45) is 17.8 Å². The maximum absolute atomic E-state index is 11.4. The van der Waals surface area contributed by atoms with Crippen molar-refractivity contribution in [1.82, 2.24) is 0 Å². The third-order valence-electron chi connectivity index (χ3n) is 2.53. The maximum Gasteiger partial charge on any atom is 0.307 e. The smallest absolute Gasteiger partial charge is 0.307 e. The van der Waals surface area contributed by atoms with E-state index in [9.17, 15) is 9.59 Å². The van der Waals surface area contributed by atoms with Crippen molar-refractivity contribution in [2.45, 2.75) is 26.7 Å². The highest BCUT2D eigenvalue weighted by atomic mass is 16.4. The summed E-state index contributed by atoms with van der Waals surface area (Å²) < 4.78 is 0. The lowest BCUT2D eigenvalue weighted by Crippen LogP contribution is -2.39. The Kier molecular flexibility index (Phi) is 2.50. The van der Waals surface area contributed by atoms with E-state index in [4.69, 9.17) is 5.11 Å². The Morgan fingerprint density at radius 3 is 2.00 bits per heavy atom. The number of hydrogen-bond donors (Lipinski definition) is 1. The summed E-state index contributed by atoms with van der Waals surface area (Å²) in [4.78, 5) is 21.9. The molecular weight excluding hydrogens is 156 g/mol. The van der Waals surface area contributed by atoms with Gasteiger partial charge >= 0.3 is 5.97 Å². The second-order valence-electron chi connectivity index (χ2n) is 3.69. The Morgan fingerprint density at radius 2 is 1.75 bits per heavy atom. The van der Waals surface area contributed by atoms with E-state index in [0.29, 0.717) is 6.42 Å². The van der Waals surface area contributed by atoms with E-state index in [0.717, 1.165) is 6.42 Å². The minimum Gasteiger partial charge on any atom is -0.481 e. The van der Waals surface area contributed by atoms with Crippen molar-refractivity contribution in [3.05, 3.63) is 0 Å². The quantitative estimate of drug-likeness (QED) is 0.695. The Bertz CT molecular complexity index is 208. The molecule has 0 aromatic rings. The van der Waals surface area contributed by atoms with Crippen LogP contribution in [0.15, 0.2) is 0 Å². The first-order valence-corrected chi connectivity index (χ1v) is 4.30. The number of aliphatic carboxylic acids is 1. The maximum atomic E-state index is 11.4. The van der Waals surface area contributed by atoms with Gasteiger partial charge in [0, 0.05) is 11.8 Å². The van der Waals surface area contributed by atoms with Crippen molar-refractivity contribution in [3.8, 4) is 0 Å². The van der Waals surface area contributed by atoms with Crippen LogP contribution >= 0.6 is 0 Å². The minimum atomic E-state index is -0.819. The van der Waals surface area contributed by atoms with Crippen LogP contribution in [-0.4, -0.2) is 16.9 Å². The normalized spacial score (nSPS) is 28.2. The number of Topliss-reactive ketones (excluding diaryl/α,β-unsaturated/α-hetero) is 1. The molecule has 68 valence electrons. The van der Waals surface area contributed by atoms with E-state index in [1.807, 2.05) is 13.8 Å². The molecular formula is C9H14O3. The molecule has 12 heavy (non-hydrogen) atoms. The fourth-order valence-electron chi connectivity index (χ4n) is 1.56. The predicted octanol–water partition coefficient (Wildman–Crippen LogP) is 1.32. The molecule has 0 aliphatic heterocycles. The van der Waals surface area contributed by atoms with E-state index < -0.39 is 11.9 Å². The Balaban J connectivity index is 2.55. The van der Waals surface area contributed by atoms with Crippen LogP contribution in [0.4, 0.5) is 0 Å². The van der Waals surface area contributed by atoms with Gasteiger partial charge < -0.3 is 5.11 Å². The van der Waals surface area contributed by atoms with E-state index in [1.165, 1.54) is 0 Å². The van der Waals surface area contributed by atoms with Gasteiger partial charge in [0.1, 0.15) is 5.78 Å². The topological polar surface area (TPSA) is 54.4 Å². The standard InChI is InChI=1S/C9H14O3/c1-5(2)8(10)6-3-4-7(6)9(11)12/h5-7H,3-4H2,1-2H3,(H,11,12)/t6-,7+/m1/s1. The molecule has 2 atom stereocenters. The summed E-state index contributed by atoms with van der Waals surface area (Å²) in [7, 11) is 0. The van der Waals surface area contributed by atoms with Crippen LogP contribution in [0.1, 0.15) is 26.7 Å². The number of carbonyl (C=O) groups excluding carboxylic acids is 1. The minimum absolute atomic E-state index is 0.0304. The zero-order chi connectivity index (χ0) is 9.30. The third kappa shape index (κ3) is 1.49. The molecule has 0 aromatic carbocycles. The Morgan fingerprint density at radius 1 is 1.25 bits per heavy atom. The molecule has 3 nitrogen and oxygen atoms in total. The monoisotopic (exact) mass is 170 g/mol. The molecule has 0 bridgehead atoms. The van der Waals surface area contributed by atoms with Gasteiger partial charge in [0.25, 0.3) is 0 Å². The van der Waals surface area contributed by atoms with Gasteiger partial charge in [-0.15, -0.1) is 0 Å². The summed E-state index contributed by atoms with van der Waals surface area (Å²) in [5, 5.41) is 8.68. The SMILES string of the molecule is CC(C)C(=O)[C@@H]1CC[C@@H]1C(=O)O. The molecule has 3 heteroatoms. The van der Waals surface area contributed by atoms with Gasteiger partial charge in [0.05, 0.1) is 5.92 Å². The van der Waals surface area contributed by atoms with Crippen molar-refractivity contribution in [2.75, 3.05) is 0 Å². The van der Waals surface area contributed by atoms with Crippen LogP contribution in [-0.2, 0) is 9.59 Å². The van der Waals surface area contributed by atoms with Gasteiger partial charge in [-0.1, -0.05) is 13.8 Å². The summed E-state index contributed by atoms with van der Waals surface area (Å²) in [5.74, 6) is -1.35. The highest BCUT2D eigenvalue weighted by Crippen LogP contribution is 2.36. The first-order chi connectivity index (χ1) is 5.54. The van der Waals surface area contributed by atoms with E-state index in [2.05, 4.69) is 0 Å².